The fourth-order valence-corrected chi connectivity index (χ4v) is 2.41. The molecule has 0 unspecified atom stereocenters. The third kappa shape index (κ3) is 7.76. The highest BCUT2D eigenvalue weighted by molar-refractivity contribution is 6.40. The van der Waals surface area contributed by atoms with Crippen molar-refractivity contribution < 1.29 is 10.0 Å². The molecular formula is C12H27BN2O2. The van der Waals surface area contributed by atoms with Crippen LogP contribution in [0, 0.1) is 0 Å². The number of likely N-dealkylation sites (tertiary alicyclic amines) is 1. The van der Waals surface area contributed by atoms with Crippen LogP contribution in [-0.4, -0.2) is 47.7 Å². The van der Waals surface area contributed by atoms with Crippen LogP contribution in [-0.2, 0) is 0 Å². The second-order valence-corrected chi connectivity index (χ2v) is 5.22. The fourth-order valence-electron chi connectivity index (χ4n) is 2.41. The zero-order chi connectivity index (χ0) is 12.5. The maximum atomic E-state index is 8.71. The van der Waals surface area contributed by atoms with Gasteiger partial charge in [0.15, 0.2) is 0 Å². The van der Waals surface area contributed by atoms with Crippen LogP contribution in [0.3, 0.4) is 0 Å². The fraction of sp³-hybridized carbons (Fsp3) is 1.00. The maximum Gasteiger partial charge on any atom is 0.451 e. The summed E-state index contributed by atoms with van der Waals surface area (Å²) in [6.07, 6.45) is 8.45. The maximum absolute atomic E-state index is 8.71. The van der Waals surface area contributed by atoms with Crippen molar-refractivity contribution in [2.45, 2.75) is 57.3 Å². The molecule has 1 aliphatic rings. The van der Waals surface area contributed by atoms with E-state index in [2.05, 4.69) is 4.90 Å². The Kier molecular flexibility index (Phi) is 7.85. The molecule has 0 saturated carbocycles. The van der Waals surface area contributed by atoms with E-state index in [0.29, 0.717) is 6.32 Å². The molecule has 1 atom stereocenters. The van der Waals surface area contributed by atoms with Gasteiger partial charge in [-0.3, -0.25) is 0 Å². The number of hydrogen-bond donors (Lipinski definition) is 3. The van der Waals surface area contributed by atoms with Crippen LogP contribution in [0.25, 0.3) is 0 Å². The van der Waals surface area contributed by atoms with Crippen molar-refractivity contribution in [2.24, 2.45) is 5.73 Å². The van der Waals surface area contributed by atoms with E-state index in [1.54, 1.807) is 0 Å². The van der Waals surface area contributed by atoms with Gasteiger partial charge in [-0.1, -0.05) is 19.3 Å². The van der Waals surface area contributed by atoms with Gasteiger partial charge in [-0.05, 0) is 51.6 Å². The first-order valence-corrected chi connectivity index (χ1v) is 7.02. The zero-order valence-corrected chi connectivity index (χ0v) is 10.9. The first-order chi connectivity index (χ1) is 8.18. The number of nitrogens with two attached hydrogens (primary N) is 1. The minimum atomic E-state index is -1.15. The molecule has 1 heterocycles. The summed E-state index contributed by atoms with van der Waals surface area (Å²) in [5, 5.41) is 17.4. The van der Waals surface area contributed by atoms with E-state index in [-0.39, 0.29) is 6.04 Å². The summed E-state index contributed by atoms with van der Waals surface area (Å²) in [7, 11) is -1.15. The molecule has 1 aliphatic heterocycles. The summed E-state index contributed by atoms with van der Waals surface area (Å²) in [6.45, 7) is 3.61. The number of hydrogen-bond acceptors (Lipinski definition) is 4. The minimum absolute atomic E-state index is 0.271. The average Bonchev–Trinajstić information content (AvgIpc) is 2.33. The lowest BCUT2D eigenvalue weighted by Gasteiger charge is -2.27. The molecule has 0 spiro atoms. The van der Waals surface area contributed by atoms with E-state index in [0.717, 1.165) is 32.2 Å². The molecule has 1 saturated heterocycles. The molecule has 0 aromatic carbocycles. The SMILES string of the molecule is N[C@H](CCCCB(O)O)CCN1CCCCC1. The summed E-state index contributed by atoms with van der Waals surface area (Å²) >= 11 is 0. The van der Waals surface area contributed by atoms with Crippen LogP contribution in [0.5, 0.6) is 0 Å². The van der Waals surface area contributed by atoms with Gasteiger partial charge in [0.05, 0.1) is 0 Å². The second kappa shape index (κ2) is 8.92. The highest BCUT2D eigenvalue weighted by Crippen LogP contribution is 2.11. The average molecular weight is 242 g/mol. The summed E-state index contributed by atoms with van der Waals surface area (Å²) in [5.41, 5.74) is 6.06. The third-order valence-electron chi connectivity index (χ3n) is 3.55. The Morgan fingerprint density at radius 2 is 1.76 bits per heavy atom. The Bertz CT molecular complexity index is 187. The standard InChI is InChI=1S/C12H27BN2O2/c14-12(6-2-3-8-13(16)17)7-11-15-9-4-1-5-10-15/h12,16-17H,1-11,14H2/t12-/m1/s1. The first-order valence-electron chi connectivity index (χ1n) is 7.02. The van der Waals surface area contributed by atoms with E-state index in [1.807, 2.05) is 0 Å². The Morgan fingerprint density at radius 3 is 2.41 bits per heavy atom. The van der Waals surface area contributed by atoms with E-state index in [4.69, 9.17) is 15.8 Å². The molecule has 17 heavy (non-hydrogen) atoms. The summed E-state index contributed by atoms with van der Waals surface area (Å²) in [6, 6.07) is 0.271. The molecule has 0 aromatic heterocycles. The van der Waals surface area contributed by atoms with E-state index in [1.165, 1.54) is 32.4 Å². The van der Waals surface area contributed by atoms with Gasteiger partial charge < -0.3 is 20.7 Å². The topological polar surface area (TPSA) is 69.7 Å². The van der Waals surface area contributed by atoms with Gasteiger partial charge in [0.25, 0.3) is 0 Å². The second-order valence-electron chi connectivity index (χ2n) is 5.22. The van der Waals surface area contributed by atoms with Crippen LogP contribution in [0.2, 0.25) is 6.32 Å². The Labute approximate surface area is 105 Å². The van der Waals surface area contributed by atoms with Gasteiger partial charge in [0.2, 0.25) is 0 Å². The van der Waals surface area contributed by atoms with Crippen LogP contribution >= 0.6 is 0 Å². The van der Waals surface area contributed by atoms with Gasteiger partial charge in [0.1, 0.15) is 0 Å². The molecule has 100 valence electrons. The highest BCUT2D eigenvalue weighted by atomic mass is 16.4. The molecule has 5 heteroatoms. The molecule has 4 N–H and O–H groups in total. The molecule has 0 aliphatic carbocycles. The lowest BCUT2D eigenvalue weighted by Crippen LogP contribution is -2.34. The molecular weight excluding hydrogens is 215 g/mol. The van der Waals surface area contributed by atoms with Crippen molar-refractivity contribution >= 4 is 7.12 Å². The third-order valence-corrected chi connectivity index (χ3v) is 3.55. The van der Waals surface area contributed by atoms with Crippen molar-refractivity contribution in [1.29, 1.82) is 0 Å². The minimum Gasteiger partial charge on any atom is -0.427 e. The summed E-state index contributed by atoms with van der Waals surface area (Å²) < 4.78 is 0. The number of unbranched alkanes of at least 4 members (excludes halogenated alkanes) is 1. The van der Waals surface area contributed by atoms with Gasteiger partial charge in [0, 0.05) is 6.04 Å². The smallest absolute Gasteiger partial charge is 0.427 e. The monoisotopic (exact) mass is 242 g/mol. The predicted molar refractivity (Wildman–Crippen MR) is 71.7 cm³/mol. The molecule has 0 radical (unpaired) electrons. The van der Waals surface area contributed by atoms with E-state index < -0.39 is 7.12 Å². The summed E-state index contributed by atoms with van der Waals surface area (Å²) in [5.74, 6) is 0. The Morgan fingerprint density at radius 1 is 1.06 bits per heavy atom. The quantitative estimate of drug-likeness (QED) is 0.435. The lowest BCUT2D eigenvalue weighted by molar-refractivity contribution is 0.219. The normalized spacial score (nSPS) is 19.2. The predicted octanol–water partition coefficient (Wildman–Crippen LogP) is 0.833. The molecule has 0 bridgehead atoms. The molecule has 4 nitrogen and oxygen atoms in total. The highest BCUT2D eigenvalue weighted by Gasteiger charge is 2.12. The number of rotatable bonds is 8. The van der Waals surface area contributed by atoms with Gasteiger partial charge in [-0.15, -0.1) is 0 Å². The first kappa shape index (κ1) is 15.0. The van der Waals surface area contributed by atoms with Crippen molar-refractivity contribution in [3.63, 3.8) is 0 Å². The van der Waals surface area contributed by atoms with E-state index >= 15 is 0 Å². The molecule has 1 fully saturated rings. The van der Waals surface area contributed by atoms with Crippen LogP contribution < -0.4 is 5.73 Å². The largest absolute Gasteiger partial charge is 0.451 e. The van der Waals surface area contributed by atoms with Crippen LogP contribution in [0.15, 0.2) is 0 Å². The van der Waals surface area contributed by atoms with E-state index in [9.17, 15) is 0 Å². The molecule has 1 rings (SSSR count). The summed E-state index contributed by atoms with van der Waals surface area (Å²) in [4.78, 5) is 2.51. The Hall–Kier alpha value is -0.0951. The van der Waals surface area contributed by atoms with Crippen molar-refractivity contribution in [3.05, 3.63) is 0 Å². The number of nitrogens with zero attached hydrogens (tertiary/aromatic N) is 1. The zero-order valence-electron chi connectivity index (χ0n) is 10.9. The van der Waals surface area contributed by atoms with Gasteiger partial charge >= 0.3 is 7.12 Å². The lowest BCUT2D eigenvalue weighted by atomic mass is 9.83. The van der Waals surface area contributed by atoms with Crippen LogP contribution in [0.1, 0.15) is 44.9 Å². The van der Waals surface area contributed by atoms with Crippen molar-refractivity contribution in [3.8, 4) is 0 Å². The van der Waals surface area contributed by atoms with Crippen molar-refractivity contribution in [2.75, 3.05) is 19.6 Å². The molecule has 0 aromatic rings. The van der Waals surface area contributed by atoms with Crippen molar-refractivity contribution in [1.82, 2.24) is 4.90 Å². The Balaban J connectivity index is 1.94. The number of piperidine rings is 1. The van der Waals surface area contributed by atoms with Gasteiger partial charge in [-0.25, -0.2) is 0 Å². The molecule has 0 amide bonds. The van der Waals surface area contributed by atoms with Crippen LogP contribution in [0.4, 0.5) is 0 Å². The van der Waals surface area contributed by atoms with Gasteiger partial charge in [-0.2, -0.15) is 0 Å².